The van der Waals surface area contributed by atoms with Crippen molar-refractivity contribution in [3.8, 4) is 0 Å². The molecule has 0 heterocycles. The number of unbranched alkanes of at least 4 members (excludes halogenated alkanes) is 15. The molecule has 0 aromatic carbocycles. The summed E-state index contributed by atoms with van der Waals surface area (Å²) >= 11 is 0. The Morgan fingerprint density at radius 1 is 0.565 bits per heavy atom. The molecule has 0 radical (unpaired) electrons. The molecule has 138 valence electrons. The first-order chi connectivity index (χ1) is 10.8. The van der Waals surface area contributed by atoms with E-state index in [0.717, 1.165) is 12.8 Å². The number of hydrogen-bond acceptors (Lipinski definition) is 3. The van der Waals surface area contributed by atoms with Crippen LogP contribution in [0.15, 0.2) is 0 Å². The van der Waals surface area contributed by atoms with Crippen molar-refractivity contribution in [2.75, 3.05) is 6.61 Å². The Kier molecular flexibility index (Phi) is 28.1. The van der Waals surface area contributed by atoms with Crippen LogP contribution in [0.3, 0.4) is 0 Å². The van der Waals surface area contributed by atoms with E-state index in [2.05, 4.69) is 6.92 Å². The average Bonchev–Trinajstić information content (AvgIpc) is 2.50. The van der Waals surface area contributed by atoms with Crippen molar-refractivity contribution in [2.45, 2.75) is 110 Å². The van der Waals surface area contributed by atoms with Gasteiger partial charge in [0.05, 0.1) is 6.61 Å². The molecule has 0 aliphatic carbocycles. The third-order valence-electron chi connectivity index (χ3n) is 4.20. The molecule has 0 aromatic rings. The van der Waals surface area contributed by atoms with E-state index in [1.807, 2.05) is 0 Å². The molecule has 0 atom stereocenters. The van der Waals surface area contributed by atoms with E-state index < -0.39 is 8.60 Å². The normalized spacial score (nSPS) is 11.0. The van der Waals surface area contributed by atoms with Crippen LogP contribution in [-0.2, 0) is 4.52 Å². The van der Waals surface area contributed by atoms with Crippen molar-refractivity contribution >= 4 is 57.5 Å². The molecule has 0 saturated heterocycles. The van der Waals surface area contributed by atoms with Gasteiger partial charge in [0, 0.05) is 0 Å². The Morgan fingerprint density at radius 3 is 1.17 bits per heavy atom. The Morgan fingerprint density at radius 2 is 0.870 bits per heavy atom. The predicted octanol–water partition coefficient (Wildman–Crippen LogP) is 5.56. The molecule has 0 spiro atoms. The van der Waals surface area contributed by atoms with Crippen LogP contribution in [0.5, 0.6) is 0 Å². The van der Waals surface area contributed by atoms with Crippen LogP contribution in [0.2, 0.25) is 0 Å². The third-order valence-corrected chi connectivity index (χ3v) is 4.62. The molecular weight excluding hydrogens is 432 g/mol. The minimum absolute atomic E-state index is 0. The minimum atomic E-state index is -2.14. The van der Waals surface area contributed by atoms with E-state index in [1.165, 1.54) is 89.9 Å². The second kappa shape index (κ2) is 23.9. The van der Waals surface area contributed by atoms with Crippen molar-refractivity contribution in [1.82, 2.24) is 0 Å². The fourth-order valence-electron chi connectivity index (χ4n) is 2.80. The van der Waals surface area contributed by atoms with Gasteiger partial charge in [0.15, 0.2) is 0 Å². The van der Waals surface area contributed by atoms with Crippen molar-refractivity contribution in [1.29, 1.82) is 0 Å². The summed E-state index contributed by atoms with van der Waals surface area (Å²) < 4.78 is 4.74. The van der Waals surface area contributed by atoms with Gasteiger partial charge in [0.1, 0.15) is 0 Å². The van der Waals surface area contributed by atoms with E-state index in [1.54, 1.807) is 0 Å². The predicted molar refractivity (Wildman–Crippen MR) is 105 cm³/mol. The zero-order valence-electron chi connectivity index (χ0n) is 14.8. The van der Waals surface area contributed by atoms with E-state index >= 15 is 0 Å². The average molecular weight is 474 g/mol. The quantitative estimate of drug-likeness (QED) is 0.156. The first kappa shape index (κ1) is 27.1. The summed E-state index contributed by atoms with van der Waals surface area (Å²) in [4.78, 5) is 17.2. The van der Waals surface area contributed by atoms with Gasteiger partial charge >= 0.3 is 57.5 Å². The SMILES string of the molecule is CCCCCCCCCCCCCCCCCCOP(O)O.[BaH2]. The van der Waals surface area contributed by atoms with Crippen molar-refractivity contribution < 1.29 is 14.3 Å². The van der Waals surface area contributed by atoms with Gasteiger partial charge < -0.3 is 14.3 Å². The van der Waals surface area contributed by atoms with Crippen molar-refractivity contribution in [2.24, 2.45) is 0 Å². The third kappa shape index (κ3) is 26.2. The first-order valence-corrected chi connectivity index (χ1v) is 10.7. The molecule has 2 N–H and O–H groups in total. The van der Waals surface area contributed by atoms with E-state index in [0.29, 0.717) is 6.61 Å². The number of rotatable bonds is 18. The Hall–Kier alpha value is 1.88. The molecule has 0 fully saturated rings. The van der Waals surface area contributed by atoms with E-state index in [9.17, 15) is 0 Å². The van der Waals surface area contributed by atoms with Crippen molar-refractivity contribution in [3.05, 3.63) is 0 Å². The van der Waals surface area contributed by atoms with Gasteiger partial charge in [-0.1, -0.05) is 103 Å². The summed E-state index contributed by atoms with van der Waals surface area (Å²) in [5, 5.41) is 0. The van der Waals surface area contributed by atoms with E-state index in [-0.39, 0.29) is 48.9 Å². The Balaban J connectivity index is 0. The maximum absolute atomic E-state index is 8.58. The summed E-state index contributed by atoms with van der Waals surface area (Å²) in [7, 11) is -2.14. The summed E-state index contributed by atoms with van der Waals surface area (Å²) in [5.74, 6) is 0. The van der Waals surface area contributed by atoms with Crippen LogP contribution in [0, 0.1) is 0 Å². The van der Waals surface area contributed by atoms with Gasteiger partial charge in [-0.05, 0) is 6.42 Å². The fraction of sp³-hybridized carbons (Fsp3) is 1.00. The van der Waals surface area contributed by atoms with Gasteiger partial charge in [0.25, 0.3) is 0 Å². The fourth-order valence-corrected chi connectivity index (χ4v) is 3.09. The second-order valence-electron chi connectivity index (χ2n) is 6.39. The Bertz CT molecular complexity index is 207. The monoisotopic (exact) mass is 474 g/mol. The zero-order valence-corrected chi connectivity index (χ0v) is 15.7. The maximum atomic E-state index is 8.58. The molecule has 5 heteroatoms. The topological polar surface area (TPSA) is 49.7 Å². The van der Waals surface area contributed by atoms with Crippen LogP contribution in [0.1, 0.15) is 110 Å². The van der Waals surface area contributed by atoms with Gasteiger partial charge in [-0.3, -0.25) is 0 Å². The van der Waals surface area contributed by atoms with Crippen LogP contribution < -0.4 is 0 Å². The molecule has 0 aliphatic heterocycles. The zero-order chi connectivity index (χ0) is 16.3. The van der Waals surface area contributed by atoms with Gasteiger partial charge in [-0.15, -0.1) is 0 Å². The van der Waals surface area contributed by atoms with Crippen LogP contribution in [-0.4, -0.2) is 65.3 Å². The molecular formula is C18H41BaO3P. The molecule has 0 saturated carbocycles. The number of hydrogen-bond donors (Lipinski definition) is 2. The van der Waals surface area contributed by atoms with Gasteiger partial charge in [0.2, 0.25) is 0 Å². The van der Waals surface area contributed by atoms with Crippen LogP contribution in [0.25, 0.3) is 0 Å². The van der Waals surface area contributed by atoms with E-state index in [4.69, 9.17) is 14.3 Å². The molecule has 0 aromatic heterocycles. The molecule has 0 aliphatic rings. The molecule has 23 heavy (non-hydrogen) atoms. The molecule has 3 nitrogen and oxygen atoms in total. The first-order valence-electron chi connectivity index (χ1n) is 9.58. The summed E-state index contributed by atoms with van der Waals surface area (Å²) in [5.41, 5.74) is 0. The Labute approximate surface area is 186 Å². The van der Waals surface area contributed by atoms with Gasteiger partial charge in [-0.25, -0.2) is 0 Å². The molecule has 0 rings (SSSR count). The molecule has 0 bridgehead atoms. The summed E-state index contributed by atoms with van der Waals surface area (Å²) in [6.07, 6.45) is 21.6. The second-order valence-corrected chi connectivity index (χ2v) is 7.15. The van der Waals surface area contributed by atoms with Crippen LogP contribution in [0.4, 0.5) is 0 Å². The molecule has 0 unspecified atom stereocenters. The van der Waals surface area contributed by atoms with Gasteiger partial charge in [-0.2, -0.15) is 0 Å². The standard InChI is InChI=1S/C18H39O3P.Ba.2H/c1-2-3-4-5-6-7-8-9-10-11-12-13-14-15-16-17-18-21-22(19)20;;;/h19-20H,2-18H2,1H3;;;. The summed E-state index contributed by atoms with van der Waals surface area (Å²) in [6.45, 7) is 2.76. The van der Waals surface area contributed by atoms with Crippen LogP contribution >= 0.6 is 8.60 Å². The summed E-state index contributed by atoms with van der Waals surface area (Å²) in [6, 6.07) is 0. The molecule has 0 amide bonds. The van der Waals surface area contributed by atoms with Crippen molar-refractivity contribution in [3.63, 3.8) is 0 Å².